The van der Waals surface area contributed by atoms with E-state index < -0.39 is 0 Å². The molecular formula is C12H22N2O2. The molecule has 0 aliphatic carbocycles. The van der Waals surface area contributed by atoms with Crippen LogP contribution in [0.15, 0.2) is 0 Å². The molecule has 4 nitrogen and oxygen atoms in total. The number of rotatable bonds is 5. The Morgan fingerprint density at radius 3 is 2.69 bits per heavy atom. The molecule has 1 saturated heterocycles. The van der Waals surface area contributed by atoms with Crippen LogP contribution in [-0.4, -0.2) is 35.8 Å². The van der Waals surface area contributed by atoms with Crippen molar-refractivity contribution in [1.82, 2.24) is 10.2 Å². The van der Waals surface area contributed by atoms with Crippen molar-refractivity contribution in [2.24, 2.45) is 5.92 Å². The second kappa shape index (κ2) is 5.87. The van der Waals surface area contributed by atoms with Crippen LogP contribution in [-0.2, 0) is 9.59 Å². The quantitative estimate of drug-likeness (QED) is 0.764. The predicted molar refractivity (Wildman–Crippen MR) is 62.9 cm³/mol. The molecule has 2 amide bonds. The highest BCUT2D eigenvalue weighted by Gasteiger charge is 2.36. The molecule has 0 aromatic carbocycles. The van der Waals surface area contributed by atoms with Crippen molar-refractivity contribution in [2.45, 2.75) is 46.1 Å². The van der Waals surface area contributed by atoms with E-state index in [1.807, 2.05) is 6.92 Å². The molecule has 16 heavy (non-hydrogen) atoms. The second-order valence-corrected chi connectivity index (χ2v) is 4.49. The molecule has 0 aromatic rings. The predicted octanol–water partition coefficient (Wildman–Crippen LogP) is 1.16. The average Bonchev–Trinajstić information content (AvgIpc) is 2.29. The molecule has 0 saturated carbocycles. The van der Waals surface area contributed by atoms with E-state index >= 15 is 0 Å². The average molecular weight is 226 g/mol. The van der Waals surface area contributed by atoms with E-state index in [2.05, 4.69) is 19.2 Å². The number of amides is 2. The van der Waals surface area contributed by atoms with Gasteiger partial charge in [-0.25, -0.2) is 0 Å². The Morgan fingerprint density at radius 1 is 1.44 bits per heavy atom. The van der Waals surface area contributed by atoms with Gasteiger partial charge in [-0.1, -0.05) is 33.6 Å². The summed E-state index contributed by atoms with van der Waals surface area (Å²) >= 11 is 0. The number of piperazine rings is 1. The topological polar surface area (TPSA) is 49.4 Å². The van der Waals surface area contributed by atoms with Crippen molar-refractivity contribution in [3.63, 3.8) is 0 Å². The first-order valence-corrected chi connectivity index (χ1v) is 6.19. The van der Waals surface area contributed by atoms with Gasteiger partial charge in [0.15, 0.2) is 0 Å². The minimum absolute atomic E-state index is 0.00468. The molecule has 1 aliphatic rings. The molecule has 92 valence electrons. The lowest BCUT2D eigenvalue weighted by Crippen LogP contribution is -2.60. The number of unbranched alkanes of at least 4 members (excludes halogenated alkanes) is 1. The van der Waals surface area contributed by atoms with Crippen molar-refractivity contribution >= 4 is 11.8 Å². The zero-order valence-corrected chi connectivity index (χ0v) is 10.5. The maximum Gasteiger partial charge on any atom is 0.243 e. The van der Waals surface area contributed by atoms with Crippen LogP contribution in [0.25, 0.3) is 0 Å². The molecule has 1 N–H and O–H groups in total. The van der Waals surface area contributed by atoms with Gasteiger partial charge in [0.1, 0.15) is 6.04 Å². The summed E-state index contributed by atoms with van der Waals surface area (Å²) in [7, 11) is 0. The van der Waals surface area contributed by atoms with Gasteiger partial charge >= 0.3 is 0 Å². The maximum absolute atomic E-state index is 11.8. The molecule has 1 heterocycles. The SMILES string of the molecule is CCCCN1C(=O)CNC(=O)C1C(C)CC. The Morgan fingerprint density at radius 2 is 2.12 bits per heavy atom. The van der Waals surface area contributed by atoms with Crippen LogP contribution in [0.1, 0.15) is 40.0 Å². The number of carbonyl (C=O) groups excluding carboxylic acids is 2. The lowest BCUT2D eigenvalue weighted by molar-refractivity contribution is -0.147. The number of carbonyl (C=O) groups is 2. The highest BCUT2D eigenvalue weighted by molar-refractivity contribution is 5.94. The highest BCUT2D eigenvalue weighted by atomic mass is 16.2. The van der Waals surface area contributed by atoms with Crippen LogP contribution in [0.3, 0.4) is 0 Å². The molecule has 1 rings (SSSR count). The Kier molecular flexibility index (Phi) is 4.77. The van der Waals surface area contributed by atoms with Crippen LogP contribution in [0.5, 0.6) is 0 Å². The summed E-state index contributed by atoms with van der Waals surface area (Å²) in [5.41, 5.74) is 0. The molecule has 0 radical (unpaired) electrons. The fourth-order valence-corrected chi connectivity index (χ4v) is 2.05. The fourth-order valence-electron chi connectivity index (χ4n) is 2.05. The van der Waals surface area contributed by atoms with Crippen LogP contribution in [0, 0.1) is 5.92 Å². The maximum atomic E-state index is 11.8. The summed E-state index contributed by atoms with van der Waals surface area (Å²) in [4.78, 5) is 25.4. The van der Waals surface area contributed by atoms with Crippen LogP contribution >= 0.6 is 0 Å². The van der Waals surface area contributed by atoms with Gasteiger partial charge in [0.05, 0.1) is 6.54 Å². The minimum atomic E-state index is -0.266. The summed E-state index contributed by atoms with van der Waals surface area (Å²) in [5.74, 6) is 0.282. The summed E-state index contributed by atoms with van der Waals surface area (Å²) < 4.78 is 0. The Labute approximate surface area is 97.4 Å². The van der Waals surface area contributed by atoms with Crippen LogP contribution < -0.4 is 5.32 Å². The van der Waals surface area contributed by atoms with Gasteiger partial charge in [0.2, 0.25) is 11.8 Å². The van der Waals surface area contributed by atoms with Crippen LogP contribution in [0.4, 0.5) is 0 Å². The largest absolute Gasteiger partial charge is 0.345 e. The number of nitrogens with zero attached hydrogens (tertiary/aromatic N) is 1. The molecule has 1 aliphatic heterocycles. The third kappa shape index (κ3) is 2.74. The van der Waals surface area contributed by atoms with Gasteiger partial charge in [0.25, 0.3) is 0 Å². The van der Waals surface area contributed by atoms with Gasteiger partial charge < -0.3 is 10.2 Å². The van der Waals surface area contributed by atoms with E-state index in [4.69, 9.17) is 0 Å². The molecule has 0 bridgehead atoms. The second-order valence-electron chi connectivity index (χ2n) is 4.49. The molecular weight excluding hydrogens is 204 g/mol. The van der Waals surface area contributed by atoms with E-state index in [0.717, 1.165) is 19.3 Å². The monoisotopic (exact) mass is 226 g/mol. The van der Waals surface area contributed by atoms with Gasteiger partial charge in [-0.3, -0.25) is 9.59 Å². The van der Waals surface area contributed by atoms with Crippen molar-refractivity contribution in [2.75, 3.05) is 13.1 Å². The lowest BCUT2D eigenvalue weighted by Gasteiger charge is -2.38. The Hall–Kier alpha value is -1.06. The number of hydrogen-bond acceptors (Lipinski definition) is 2. The molecule has 0 aromatic heterocycles. The van der Waals surface area contributed by atoms with E-state index in [1.165, 1.54) is 0 Å². The first kappa shape index (κ1) is 13.0. The Bertz CT molecular complexity index is 266. The molecule has 2 unspecified atom stereocenters. The standard InChI is InChI=1S/C12H22N2O2/c1-4-6-7-14-10(15)8-13-12(16)11(14)9(3)5-2/h9,11H,4-8H2,1-3H3,(H,13,16). The minimum Gasteiger partial charge on any atom is -0.345 e. The fraction of sp³-hybridized carbons (Fsp3) is 0.833. The van der Waals surface area contributed by atoms with Crippen molar-refractivity contribution in [1.29, 1.82) is 0 Å². The number of nitrogens with one attached hydrogen (secondary N) is 1. The third-order valence-electron chi connectivity index (χ3n) is 3.27. The van der Waals surface area contributed by atoms with E-state index in [-0.39, 0.29) is 30.3 Å². The third-order valence-corrected chi connectivity index (χ3v) is 3.27. The molecule has 0 spiro atoms. The summed E-state index contributed by atoms with van der Waals surface area (Å²) in [6.07, 6.45) is 2.92. The molecule has 1 fully saturated rings. The van der Waals surface area contributed by atoms with Crippen LogP contribution in [0.2, 0.25) is 0 Å². The van der Waals surface area contributed by atoms with E-state index in [9.17, 15) is 9.59 Å². The summed E-state index contributed by atoms with van der Waals surface area (Å²) in [6, 6.07) is -0.266. The molecule has 4 heteroatoms. The zero-order valence-electron chi connectivity index (χ0n) is 10.5. The Balaban J connectivity index is 2.77. The first-order valence-electron chi connectivity index (χ1n) is 6.19. The first-order chi connectivity index (χ1) is 7.61. The van der Waals surface area contributed by atoms with Gasteiger partial charge in [-0.15, -0.1) is 0 Å². The van der Waals surface area contributed by atoms with Gasteiger partial charge in [0, 0.05) is 6.54 Å². The summed E-state index contributed by atoms with van der Waals surface area (Å²) in [6.45, 7) is 7.04. The normalized spacial score (nSPS) is 23.2. The smallest absolute Gasteiger partial charge is 0.243 e. The van der Waals surface area contributed by atoms with E-state index in [0.29, 0.717) is 6.54 Å². The molecule has 2 atom stereocenters. The zero-order chi connectivity index (χ0) is 12.1. The number of hydrogen-bond donors (Lipinski definition) is 1. The van der Waals surface area contributed by atoms with E-state index in [1.54, 1.807) is 4.90 Å². The van der Waals surface area contributed by atoms with Crippen molar-refractivity contribution in [3.8, 4) is 0 Å². The van der Waals surface area contributed by atoms with Crippen molar-refractivity contribution < 1.29 is 9.59 Å². The van der Waals surface area contributed by atoms with Gasteiger partial charge in [-0.2, -0.15) is 0 Å². The summed E-state index contributed by atoms with van der Waals surface area (Å²) in [5, 5.41) is 2.67. The highest BCUT2D eigenvalue weighted by Crippen LogP contribution is 2.18. The van der Waals surface area contributed by atoms with Crippen molar-refractivity contribution in [3.05, 3.63) is 0 Å². The lowest BCUT2D eigenvalue weighted by atomic mass is 9.95. The van der Waals surface area contributed by atoms with Gasteiger partial charge in [-0.05, 0) is 12.3 Å².